The molecule has 1 aromatic carbocycles. The van der Waals surface area contributed by atoms with E-state index in [0.29, 0.717) is 6.10 Å². The summed E-state index contributed by atoms with van der Waals surface area (Å²) in [4.78, 5) is 0. The summed E-state index contributed by atoms with van der Waals surface area (Å²) in [6.45, 7) is 0. The minimum Gasteiger partial charge on any atom is -0.493 e. The van der Waals surface area contributed by atoms with Gasteiger partial charge in [-0.05, 0) is 55.2 Å². The molecule has 0 aliphatic heterocycles. The molecule has 4 nitrogen and oxygen atoms in total. The van der Waals surface area contributed by atoms with Crippen molar-refractivity contribution < 1.29 is 9.47 Å². The maximum Gasteiger partial charge on any atom is 0.162 e. The van der Waals surface area contributed by atoms with E-state index in [4.69, 9.17) is 9.47 Å². The Labute approximate surface area is 124 Å². The van der Waals surface area contributed by atoms with Crippen molar-refractivity contribution in [3.05, 3.63) is 30.6 Å². The first-order valence-corrected chi connectivity index (χ1v) is 7.67. The molecule has 2 saturated carbocycles. The average molecular weight is 284 g/mol. The molecule has 2 bridgehead atoms. The van der Waals surface area contributed by atoms with Crippen molar-refractivity contribution in [1.29, 1.82) is 0 Å². The van der Waals surface area contributed by atoms with Gasteiger partial charge in [0.05, 0.1) is 13.3 Å². The lowest BCUT2D eigenvalue weighted by atomic mass is 9.97. The maximum atomic E-state index is 6.31. The van der Waals surface area contributed by atoms with E-state index >= 15 is 0 Å². The molecule has 1 N–H and O–H groups in total. The van der Waals surface area contributed by atoms with Crippen LogP contribution in [0.4, 0.5) is 0 Å². The smallest absolute Gasteiger partial charge is 0.162 e. The van der Waals surface area contributed by atoms with Gasteiger partial charge in [0.15, 0.2) is 11.5 Å². The van der Waals surface area contributed by atoms with E-state index in [9.17, 15) is 0 Å². The lowest BCUT2D eigenvalue weighted by Crippen LogP contribution is -2.23. The molecule has 4 heteroatoms. The van der Waals surface area contributed by atoms with Crippen molar-refractivity contribution in [3.63, 3.8) is 0 Å². The second-order valence-corrected chi connectivity index (χ2v) is 6.18. The van der Waals surface area contributed by atoms with Crippen LogP contribution in [0.1, 0.15) is 25.7 Å². The Morgan fingerprint density at radius 1 is 1.14 bits per heavy atom. The number of nitrogens with one attached hydrogen (secondary N) is 1. The lowest BCUT2D eigenvalue weighted by molar-refractivity contribution is 0.133. The lowest BCUT2D eigenvalue weighted by Gasteiger charge is -2.24. The van der Waals surface area contributed by atoms with E-state index < -0.39 is 0 Å². The highest BCUT2D eigenvalue weighted by Gasteiger charge is 2.41. The number of H-pyrrole nitrogens is 1. The Balaban J connectivity index is 1.61. The first kappa shape index (κ1) is 12.7. The van der Waals surface area contributed by atoms with Crippen molar-refractivity contribution in [2.45, 2.75) is 31.8 Å². The first-order valence-electron chi connectivity index (χ1n) is 7.67. The Kier molecular flexibility index (Phi) is 3.09. The molecule has 1 heterocycles. The number of ether oxygens (including phenoxy) is 2. The molecule has 0 spiro atoms. The third-order valence-electron chi connectivity index (χ3n) is 4.95. The van der Waals surface area contributed by atoms with Gasteiger partial charge in [-0.1, -0.05) is 6.07 Å². The average Bonchev–Trinajstić information content (AvgIpc) is 3.24. The van der Waals surface area contributed by atoms with Gasteiger partial charge < -0.3 is 9.47 Å². The molecule has 1 aromatic heterocycles. The van der Waals surface area contributed by atoms with Crippen LogP contribution in [-0.4, -0.2) is 23.4 Å². The van der Waals surface area contributed by atoms with Crippen molar-refractivity contribution in [1.82, 2.24) is 10.2 Å². The topological polar surface area (TPSA) is 47.1 Å². The highest BCUT2D eigenvalue weighted by atomic mass is 16.5. The fourth-order valence-corrected chi connectivity index (χ4v) is 3.85. The van der Waals surface area contributed by atoms with Gasteiger partial charge >= 0.3 is 0 Å². The first-order chi connectivity index (χ1) is 10.3. The number of hydrogen-bond donors (Lipinski definition) is 1. The minimum absolute atomic E-state index is 0.359. The van der Waals surface area contributed by atoms with E-state index in [1.54, 1.807) is 7.11 Å². The SMILES string of the molecule is COc1ccc(-c2cn[nH]c2)cc1OC1CC2CCC1C2. The van der Waals surface area contributed by atoms with Crippen molar-refractivity contribution in [2.24, 2.45) is 11.8 Å². The molecule has 2 aliphatic rings. The molecule has 3 atom stereocenters. The van der Waals surface area contributed by atoms with Crippen LogP contribution in [0.3, 0.4) is 0 Å². The van der Waals surface area contributed by atoms with Crippen molar-refractivity contribution in [2.75, 3.05) is 7.11 Å². The summed E-state index contributed by atoms with van der Waals surface area (Å²) in [7, 11) is 1.69. The second kappa shape index (κ2) is 5.10. The van der Waals surface area contributed by atoms with E-state index in [1.807, 2.05) is 24.5 Å². The van der Waals surface area contributed by atoms with Gasteiger partial charge in [0, 0.05) is 11.8 Å². The third-order valence-corrected chi connectivity index (χ3v) is 4.95. The molecule has 21 heavy (non-hydrogen) atoms. The zero-order valence-electron chi connectivity index (χ0n) is 12.2. The monoisotopic (exact) mass is 284 g/mol. The normalized spacial score (nSPS) is 27.0. The minimum atomic E-state index is 0.359. The predicted molar refractivity (Wildman–Crippen MR) is 80.4 cm³/mol. The number of benzene rings is 1. The zero-order valence-corrected chi connectivity index (χ0v) is 12.2. The highest BCUT2D eigenvalue weighted by molar-refractivity contribution is 5.65. The van der Waals surface area contributed by atoms with Crippen LogP contribution < -0.4 is 9.47 Å². The van der Waals surface area contributed by atoms with Crippen LogP contribution in [0, 0.1) is 11.8 Å². The molecule has 2 aliphatic carbocycles. The largest absolute Gasteiger partial charge is 0.493 e. The number of aromatic amines is 1. The fraction of sp³-hybridized carbons (Fsp3) is 0.471. The summed E-state index contributed by atoms with van der Waals surface area (Å²) >= 11 is 0. The Hall–Kier alpha value is -1.97. The molecule has 0 amide bonds. The van der Waals surface area contributed by atoms with Crippen molar-refractivity contribution in [3.8, 4) is 22.6 Å². The van der Waals surface area contributed by atoms with Crippen LogP contribution >= 0.6 is 0 Å². The van der Waals surface area contributed by atoms with Gasteiger partial charge in [0.25, 0.3) is 0 Å². The fourth-order valence-electron chi connectivity index (χ4n) is 3.85. The molecule has 4 rings (SSSR count). The number of aromatic nitrogens is 2. The van der Waals surface area contributed by atoms with Crippen LogP contribution in [0.25, 0.3) is 11.1 Å². The van der Waals surface area contributed by atoms with Gasteiger partial charge in [-0.2, -0.15) is 5.10 Å². The molecule has 0 radical (unpaired) electrons. The summed E-state index contributed by atoms with van der Waals surface area (Å²) in [6, 6.07) is 6.08. The number of nitrogens with zero attached hydrogens (tertiary/aromatic N) is 1. The van der Waals surface area contributed by atoms with Crippen LogP contribution in [0.2, 0.25) is 0 Å². The molecule has 110 valence electrons. The zero-order chi connectivity index (χ0) is 14.2. The molecule has 0 saturated heterocycles. The van der Waals surface area contributed by atoms with E-state index in [1.165, 1.54) is 25.7 Å². The number of hydrogen-bond acceptors (Lipinski definition) is 3. The summed E-state index contributed by atoms with van der Waals surface area (Å²) in [6.07, 6.45) is 9.32. The van der Waals surface area contributed by atoms with Crippen molar-refractivity contribution >= 4 is 0 Å². The molecule has 2 fully saturated rings. The predicted octanol–water partition coefficient (Wildman–Crippen LogP) is 3.65. The van der Waals surface area contributed by atoms with Crippen LogP contribution in [-0.2, 0) is 0 Å². The molecular weight excluding hydrogens is 264 g/mol. The molecule has 3 unspecified atom stereocenters. The van der Waals surface area contributed by atoms with E-state index in [2.05, 4.69) is 16.3 Å². The highest BCUT2D eigenvalue weighted by Crippen LogP contribution is 2.47. The number of methoxy groups -OCH3 is 1. The molecular formula is C17H20N2O2. The Morgan fingerprint density at radius 2 is 2.10 bits per heavy atom. The van der Waals surface area contributed by atoms with Gasteiger partial charge in [-0.15, -0.1) is 0 Å². The number of fused-ring (bicyclic) bond motifs is 2. The summed E-state index contributed by atoms with van der Waals surface area (Å²) in [5, 5.41) is 6.86. The molecule has 2 aromatic rings. The summed E-state index contributed by atoms with van der Waals surface area (Å²) < 4.78 is 11.8. The Bertz CT molecular complexity index is 624. The number of rotatable bonds is 4. The van der Waals surface area contributed by atoms with Gasteiger partial charge in [0.1, 0.15) is 6.10 Å². The second-order valence-electron chi connectivity index (χ2n) is 6.18. The summed E-state index contributed by atoms with van der Waals surface area (Å²) in [5.41, 5.74) is 2.16. The third kappa shape index (κ3) is 2.28. The van der Waals surface area contributed by atoms with Gasteiger partial charge in [-0.3, -0.25) is 5.10 Å². The standard InChI is InChI=1S/C17H20N2O2/c1-20-15-5-4-12(14-9-18-19-10-14)8-17(15)21-16-7-11-2-3-13(16)6-11/h4-5,8-11,13,16H,2-3,6-7H2,1H3,(H,18,19). The summed E-state index contributed by atoms with van der Waals surface area (Å²) in [5.74, 6) is 3.28. The van der Waals surface area contributed by atoms with Crippen LogP contribution in [0.15, 0.2) is 30.6 Å². The van der Waals surface area contributed by atoms with Gasteiger partial charge in [0.2, 0.25) is 0 Å². The van der Waals surface area contributed by atoms with E-state index in [0.717, 1.165) is 34.5 Å². The van der Waals surface area contributed by atoms with Gasteiger partial charge in [-0.25, -0.2) is 0 Å². The van der Waals surface area contributed by atoms with Crippen LogP contribution in [0.5, 0.6) is 11.5 Å². The quantitative estimate of drug-likeness (QED) is 0.932. The van der Waals surface area contributed by atoms with E-state index in [-0.39, 0.29) is 0 Å². The maximum absolute atomic E-state index is 6.31. The Morgan fingerprint density at radius 3 is 2.76 bits per heavy atom.